The average Bonchev–Trinajstić information content (AvgIpc) is 2.04. The lowest BCUT2D eigenvalue weighted by atomic mass is 9.91. The Labute approximate surface area is 65.1 Å². The highest BCUT2D eigenvalue weighted by molar-refractivity contribution is 4.78. The molecule has 0 radical (unpaired) electrons. The van der Waals surface area contributed by atoms with Crippen LogP contribution < -0.4 is 11.3 Å². The standard InChI is InChI=1S/C6H13N3O2/c7-8-5-3-1-2-4-6(5)9(10)11/h5-6,8H,1-4,7H2. The van der Waals surface area contributed by atoms with Gasteiger partial charge in [0.1, 0.15) is 0 Å². The van der Waals surface area contributed by atoms with E-state index in [0.29, 0.717) is 6.42 Å². The molecule has 0 heterocycles. The van der Waals surface area contributed by atoms with Crippen molar-refractivity contribution in [3.63, 3.8) is 0 Å². The Bertz CT molecular complexity index is 151. The van der Waals surface area contributed by atoms with Crippen molar-refractivity contribution in [2.24, 2.45) is 5.84 Å². The Balaban J connectivity index is 2.51. The summed E-state index contributed by atoms with van der Waals surface area (Å²) < 4.78 is 0. The van der Waals surface area contributed by atoms with Gasteiger partial charge in [-0.15, -0.1) is 0 Å². The van der Waals surface area contributed by atoms with Gasteiger partial charge in [-0.1, -0.05) is 6.42 Å². The monoisotopic (exact) mass is 159 g/mol. The fourth-order valence-corrected chi connectivity index (χ4v) is 1.56. The molecule has 0 spiro atoms. The van der Waals surface area contributed by atoms with Crippen molar-refractivity contribution in [1.82, 2.24) is 5.43 Å². The van der Waals surface area contributed by atoms with Crippen molar-refractivity contribution in [3.05, 3.63) is 10.1 Å². The zero-order valence-electron chi connectivity index (χ0n) is 6.32. The Morgan fingerprint density at radius 2 is 2.09 bits per heavy atom. The summed E-state index contributed by atoms with van der Waals surface area (Å²) in [5, 5.41) is 10.4. The molecular formula is C6H13N3O2. The molecule has 2 unspecified atom stereocenters. The third kappa shape index (κ3) is 1.87. The molecule has 11 heavy (non-hydrogen) atoms. The molecule has 0 aromatic rings. The lowest BCUT2D eigenvalue weighted by Gasteiger charge is -2.24. The van der Waals surface area contributed by atoms with E-state index in [0.717, 1.165) is 19.3 Å². The van der Waals surface area contributed by atoms with Crippen LogP contribution in [0.15, 0.2) is 0 Å². The zero-order valence-corrected chi connectivity index (χ0v) is 6.32. The van der Waals surface area contributed by atoms with E-state index in [4.69, 9.17) is 5.84 Å². The van der Waals surface area contributed by atoms with Crippen molar-refractivity contribution < 1.29 is 4.92 Å². The molecular weight excluding hydrogens is 146 g/mol. The number of hydrogen-bond acceptors (Lipinski definition) is 4. The molecule has 64 valence electrons. The largest absolute Gasteiger partial charge is 0.271 e. The topological polar surface area (TPSA) is 81.2 Å². The summed E-state index contributed by atoms with van der Waals surface area (Å²) in [7, 11) is 0. The third-order valence-electron chi connectivity index (χ3n) is 2.21. The van der Waals surface area contributed by atoms with Crippen LogP contribution in [0.2, 0.25) is 0 Å². The Hall–Kier alpha value is -0.680. The molecule has 0 amide bonds. The van der Waals surface area contributed by atoms with E-state index in [1.54, 1.807) is 0 Å². The highest BCUT2D eigenvalue weighted by Crippen LogP contribution is 2.19. The molecule has 1 fully saturated rings. The van der Waals surface area contributed by atoms with Gasteiger partial charge in [0.25, 0.3) is 0 Å². The summed E-state index contributed by atoms with van der Waals surface area (Å²) in [5.74, 6) is 5.18. The van der Waals surface area contributed by atoms with E-state index in [2.05, 4.69) is 5.43 Å². The Kier molecular flexibility index (Phi) is 2.78. The van der Waals surface area contributed by atoms with Crippen LogP contribution in [0.5, 0.6) is 0 Å². The second-order valence-corrected chi connectivity index (χ2v) is 2.91. The van der Waals surface area contributed by atoms with Crippen LogP contribution >= 0.6 is 0 Å². The van der Waals surface area contributed by atoms with Gasteiger partial charge in [-0.25, -0.2) is 0 Å². The molecule has 1 rings (SSSR count). The van der Waals surface area contributed by atoms with E-state index in [-0.39, 0.29) is 11.0 Å². The van der Waals surface area contributed by atoms with Crippen molar-refractivity contribution in [1.29, 1.82) is 0 Å². The number of nitro groups is 1. The second kappa shape index (κ2) is 3.64. The third-order valence-corrected chi connectivity index (χ3v) is 2.21. The van der Waals surface area contributed by atoms with Gasteiger partial charge in [-0.3, -0.25) is 21.4 Å². The summed E-state index contributed by atoms with van der Waals surface area (Å²) in [4.78, 5) is 10.2. The van der Waals surface area contributed by atoms with Crippen molar-refractivity contribution in [2.75, 3.05) is 0 Å². The molecule has 3 N–H and O–H groups in total. The Morgan fingerprint density at radius 1 is 1.45 bits per heavy atom. The molecule has 5 nitrogen and oxygen atoms in total. The number of nitrogens with zero attached hydrogens (tertiary/aromatic N) is 1. The van der Waals surface area contributed by atoms with Gasteiger partial charge in [0, 0.05) is 11.3 Å². The molecule has 1 aliphatic rings. The van der Waals surface area contributed by atoms with E-state index < -0.39 is 6.04 Å². The summed E-state index contributed by atoms with van der Waals surface area (Å²) in [5.41, 5.74) is 2.49. The number of hydrogen-bond donors (Lipinski definition) is 2. The van der Waals surface area contributed by atoms with Crippen LogP contribution in [0, 0.1) is 10.1 Å². The van der Waals surface area contributed by atoms with E-state index >= 15 is 0 Å². The molecule has 0 saturated heterocycles. The highest BCUT2D eigenvalue weighted by Gasteiger charge is 2.32. The Morgan fingerprint density at radius 3 is 2.55 bits per heavy atom. The fraction of sp³-hybridized carbons (Fsp3) is 1.00. The minimum Gasteiger partial charge on any atom is -0.271 e. The lowest BCUT2D eigenvalue weighted by molar-refractivity contribution is -0.530. The van der Waals surface area contributed by atoms with Gasteiger partial charge in [0.05, 0.1) is 6.04 Å². The predicted octanol–water partition coefficient (Wildman–Crippen LogP) is 0.0376. The quantitative estimate of drug-likeness (QED) is 0.338. The molecule has 2 atom stereocenters. The second-order valence-electron chi connectivity index (χ2n) is 2.91. The molecule has 0 aliphatic heterocycles. The first-order valence-electron chi connectivity index (χ1n) is 3.85. The minimum absolute atomic E-state index is 0.126. The maximum Gasteiger partial charge on any atom is 0.229 e. The van der Waals surface area contributed by atoms with Crippen LogP contribution in [-0.4, -0.2) is 17.0 Å². The van der Waals surface area contributed by atoms with Crippen LogP contribution in [0.4, 0.5) is 0 Å². The van der Waals surface area contributed by atoms with Crippen molar-refractivity contribution >= 4 is 0 Å². The normalized spacial score (nSPS) is 31.7. The first-order valence-corrected chi connectivity index (χ1v) is 3.85. The average molecular weight is 159 g/mol. The summed E-state index contributed by atoms with van der Waals surface area (Å²) in [6.45, 7) is 0. The predicted molar refractivity (Wildman–Crippen MR) is 40.4 cm³/mol. The smallest absolute Gasteiger partial charge is 0.229 e. The van der Waals surface area contributed by atoms with E-state index in [9.17, 15) is 10.1 Å². The number of rotatable bonds is 2. The molecule has 1 aliphatic carbocycles. The minimum atomic E-state index is -0.478. The number of hydrazine groups is 1. The molecule has 1 saturated carbocycles. The lowest BCUT2D eigenvalue weighted by Crippen LogP contribution is -2.49. The SMILES string of the molecule is NNC1CCCCC1[N+](=O)[O-]. The summed E-state index contributed by atoms with van der Waals surface area (Å²) in [6.07, 6.45) is 3.47. The van der Waals surface area contributed by atoms with E-state index in [1.165, 1.54) is 0 Å². The highest BCUT2D eigenvalue weighted by atomic mass is 16.6. The maximum atomic E-state index is 10.4. The summed E-state index contributed by atoms with van der Waals surface area (Å²) >= 11 is 0. The van der Waals surface area contributed by atoms with Gasteiger partial charge >= 0.3 is 0 Å². The van der Waals surface area contributed by atoms with Gasteiger partial charge in [0.15, 0.2) is 0 Å². The van der Waals surface area contributed by atoms with Crippen LogP contribution in [0.25, 0.3) is 0 Å². The van der Waals surface area contributed by atoms with Crippen molar-refractivity contribution in [3.8, 4) is 0 Å². The van der Waals surface area contributed by atoms with Crippen LogP contribution in [0.3, 0.4) is 0 Å². The van der Waals surface area contributed by atoms with Crippen LogP contribution in [-0.2, 0) is 0 Å². The number of nitrogens with one attached hydrogen (secondary N) is 1. The van der Waals surface area contributed by atoms with Gasteiger partial charge < -0.3 is 0 Å². The number of nitrogens with two attached hydrogens (primary N) is 1. The van der Waals surface area contributed by atoms with Crippen LogP contribution in [0.1, 0.15) is 25.7 Å². The van der Waals surface area contributed by atoms with Gasteiger partial charge in [-0.05, 0) is 12.8 Å². The first-order chi connectivity index (χ1) is 5.25. The maximum absolute atomic E-state index is 10.4. The fourth-order valence-electron chi connectivity index (χ4n) is 1.56. The van der Waals surface area contributed by atoms with E-state index in [1.807, 2.05) is 0 Å². The van der Waals surface area contributed by atoms with Crippen molar-refractivity contribution in [2.45, 2.75) is 37.8 Å². The summed E-state index contributed by atoms with van der Waals surface area (Å²) in [6, 6.07) is -0.604. The van der Waals surface area contributed by atoms with Gasteiger partial charge in [-0.2, -0.15) is 0 Å². The zero-order chi connectivity index (χ0) is 8.27. The molecule has 0 aromatic carbocycles. The molecule has 0 aromatic heterocycles. The molecule has 5 heteroatoms. The molecule has 0 bridgehead atoms. The first kappa shape index (κ1) is 8.42. The van der Waals surface area contributed by atoms with Gasteiger partial charge in [0.2, 0.25) is 6.04 Å².